The highest BCUT2D eigenvalue weighted by Gasteiger charge is 2.12. The number of hydrogen-bond donors (Lipinski definition) is 1. The van der Waals surface area contributed by atoms with Gasteiger partial charge in [0.15, 0.2) is 0 Å². The molecule has 0 bridgehead atoms. The fraction of sp³-hybridized carbons (Fsp3) is 0.0714. The highest BCUT2D eigenvalue weighted by molar-refractivity contribution is 6.30. The number of para-hydroxylation sites is 1. The van der Waals surface area contributed by atoms with E-state index in [0.717, 1.165) is 16.7 Å². The number of ether oxygens (including phenoxy) is 1. The van der Waals surface area contributed by atoms with Crippen LogP contribution in [0.15, 0.2) is 47.3 Å². The maximum Gasteiger partial charge on any atom is 0.331 e. The molecule has 0 unspecified atom stereocenters. The molecule has 0 amide bonds. The van der Waals surface area contributed by atoms with Crippen molar-refractivity contribution < 1.29 is 4.74 Å². The fourth-order valence-electron chi connectivity index (χ4n) is 2.13. The molecule has 0 aliphatic heterocycles. The van der Waals surface area contributed by atoms with Crippen LogP contribution in [0.25, 0.3) is 16.7 Å². The summed E-state index contributed by atoms with van der Waals surface area (Å²) in [5, 5.41) is 0.628. The van der Waals surface area contributed by atoms with Crippen molar-refractivity contribution >= 4 is 22.6 Å². The number of nitrogens with zero attached hydrogens (tertiary/aromatic N) is 1. The highest BCUT2D eigenvalue weighted by atomic mass is 35.5. The van der Waals surface area contributed by atoms with Crippen molar-refractivity contribution in [3.8, 4) is 11.4 Å². The molecule has 0 spiro atoms. The van der Waals surface area contributed by atoms with E-state index >= 15 is 0 Å². The van der Waals surface area contributed by atoms with Crippen LogP contribution < -0.4 is 10.4 Å². The smallest absolute Gasteiger partial charge is 0.331 e. The molecule has 3 aromatic rings. The van der Waals surface area contributed by atoms with Gasteiger partial charge in [0.05, 0.1) is 18.3 Å². The molecule has 0 radical (unpaired) electrons. The molecule has 0 aliphatic rings. The van der Waals surface area contributed by atoms with Gasteiger partial charge in [-0.05, 0) is 36.4 Å². The number of methoxy groups -OCH3 is 1. The first-order chi connectivity index (χ1) is 9.20. The van der Waals surface area contributed by atoms with Gasteiger partial charge in [0.1, 0.15) is 11.3 Å². The Kier molecular flexibility index (Phi) is 2.80. The van der Waals surface area contributed by atoms with Gasteiger partial charge in [-0.3, -0.25) is 4.57 Å². The summed E-state index contributed by atoms with van der Waals surface area (Å²) >= 11 is 5.87. The maximum atomic E-state index is 12.1. The summed E-state index contributed by atoms with van der Waals surface area (Å²) in [6.07, 6.45) is 0. The normalized spacial score (nSPS) is 10.8. The van der Waals surface area contributed by atoms with E-state index in [2.05, 4.69) is 4.98 Å². The average Bonchev–Trinajstić information content (AvgIpc) is 2.75. The predicted molar refractivity (Wildman–Crippen MR) is 75.5 cm³/mol. The maximum absolute atomic E-state index is 12.1. The van der Waals surface area contributed by atoms with E-state index in [4.69, 9.17) is 16.3 Å². The van der Waals surface area contributed by atoms with Crippen molar-refractivity contribution in [2.75, 3.05) is 7.11 Å². The number of benzene rings is 2. The monoisotopic (exact) mass is 274 g/mol. The number of halogens is 1. The Balaban J connectivity index is 2.37. The average molecular weight is 275 g/mol. The molecule has 5 heteroatoms. The quantitative estimate of drug-likeness (QED) is 0.781. The second kappa shape index (κ2) is 4.48. The van der Waals surface area contributed by atoms with Crippen molar-refractivity contribution in [3.05, 3.63) is 58.0 Å². The van der Waals surface area contributed by atoms with Crippen molar-refractivity contribution in [3.63, 3.8) is 0 Å². The molecule has 1 aromatic heterocycles. The molecule has 4 nitrogen and oxygen atoms in total. The van der Waals surface area contributed by atoms with E-state index in [1.54, 1.807) is 35.9 Å². The summed E-state index contributed by atoms with van der Waals surface area (Å²) in [5.74, 6) is 0.644. The van der Waals surface area contributed by atoms with Crippen molar-refractivity contribution in [2.24, 2.45) is 0 Å². The van der Waals surface area contributed by atoms with Gasteiger partial charge in [-0.2, -0.15) is 0 Å². The van der Waals surface area contributed by atoms with E-state index in [9.17, 15) is 4.79 Å². The van der Waals surface area contributed by atoms with E-state index < -0.39 is 0 Å². The van der Waals surface area contributed by atoms with Crippen LogP contribution >= 0.6 is 11.6 Å². The van der Waals surface area contributed by atoms with Crippen molar-refractivity contribution in [2.45, 2.75) is 0 Å². The van der Waals surface area contributed by atoms with E-state index in [-0.39, 0.29) is 5.69 Å². The molecule has 0 saturated heterocycles. The Bertz CT molecular complexity index is 787. The third kappa shape index (κ3) is 1.90. The Morgan fingerprint density at radius 1 is 1.16 bits per heavy atom. The second-order valence-corrected chi connectivity index (χ2v) is 4.53. The van der Waals surface area contributed by atoms with Crippen LogP contribution in [-0.4, -0.2) is 16.7 Å². The number of imidazole rings is 1. The zero-order valence-electron chi connectivity index (χ0n) is 10.2. The molecular formula is C14H11ClN2O2. The lowest BCUT2D eigenvalue weighted by atomic mass is 10.2. The number of aromatic nitrogens is 2. The van der Waals surface area contributed by atoms with Crippen LogP contribution in [-0.2, 0) is 0 Å². The van der Waals surface area contributed by atoms with Crippen LogP contribution in [0.3, 0.4) is 0 Å². The fourth-order valence-corrected chi connectivity index (χ4v) is 2.25. The largest absolute Gasteiger partial charge is 0.494 e. The minimum Gasteiger partial charge on any atom is -0.494 e. The van der Waals surface area contributed by atoms with Gasteiger partial charge in [-0.25, -0.2) is 4.79 Å². The van der Waals surface area contributed by atoms with Gasteiger partial charge < -0.3 is 9.72 Å². The number of nitrogens with one attached hydrogen (secondary N) is 1. The van der Waals surface area contributed by atoms with E-state index in [0.29, 0.717) is 10.8 Å². The van der Waals surface area contributed by atoms with Gasteiger partial charge in [-0.15, -0.1) is 0 Å². The summed E-state index contributed by atoms with van der Waals surface area (Å²) in [4.78, 5) is 14.9. The van der Waals surface area contributed by atoms with Crippen LogP contribution in [0.4, 0.5) is 0 Å². The highest BCUT2D eigenvalue weighted by Crippen LogP contribution is 2.25. The number of fused-ring (bicyclic) bond motifs is 1. The van der Waals surface area contributed by atoms with Gasteiger partial charge in [0, 0.05) is 5.02 Å². The van der Waals surface area contributed by atoms with Crippen molar-refractivity contribution in [1.82, 2.24) is 9.55 Å². The van der Waals surface area contributed by atoms with Gasteiger partial charge in [-0.1, -0.05) is 17.7 Å². The minimum atomic E-state index is -0.207. The van der Waals surface area contributed by atoms with Gasteiger partial charge in [0.25, 0.3) is 0 Å². The molecule has 1 heterocycles. The standard InChI is InChI=1S/C14H11ClN2O2/c1-19-12-4-2-3-11-13(12)17(14(18)16-11)10-7-5-9(15)6-8-10/h2-8H,1H3,(H,16,18). The molecule has 0 fully saturated rings. The third-order valence-electron chi connectivity index (χ3n) is 2.97. The SMILES string of the molecule is COc1cccc2[nH]c(=O)n(-c3ccc(Cl)cc3)c12. The summed E-state index contributed by atoms with van der Waals surface area (Å²) < 4.78 is 6.89. The third-order valence-corrected chi connectivity index (χ3v) is 3.22. The molecule has 1 N–H and O–H groups in total. The molecule has 96 valence electrons. The topological polar surface area (TPSA) is 47.0 Å². The lowest BCUT2D eigenvalue weighted by Gasteiger charge is -2.07. The molecule has 0 atom stereocenters. The first-order valence-electron chi connectivity index (χ1n) is 5.74. The Hall–Kier alpha value is -2.20. The molecular weight excluding hydrogens is 264 g/mol. The predicted octanol–water partition coefficient (Wildman–Crippen LogP) is 2.98. The zero-order valence-corrected chi connectivity index (χ0v) is 10.9. The molecule has 2 aromatic carbocycles. The second-order valence-electron chi connectivity index (χ2n) is 4.10. The van der Waals surface area contributed by atoms with Gasteiger partial charge >= 0.3 is 5.69 Å². The van der Waals surface area contributed by atoms with Crippen molar-refractivity contribution in [1.29, 1.82) is 0 Å². The van der Waals surface area contributed by atoms with Crippen LogP contribution in [0.5, 0.6) is 5.75 Å². The molecule has 3 rings (SSSR count). The van der Waals surface area contributed by atoms with Gasteiger partial charge in [0.2, 0.25) is 0 Å². The number of rotatable bonds is 2. The zero-order chi connectivity index (χ0) is 13.4. The molecule has 19 heavy (non-hydrogen) atoms. The molecule has 0 saturated carbocycles. The Morgan fingerprint density at radius 2 is 1.89 bits per heavy atom. The lowest BCUT2D eigenvalue weighted by molar-refractivity contribution is 0.418. The Labute approximate surface area is 114 Å². The lowest BCUT2D eigenvalue weighted by Crippen LogP contribution is -2.14. The first kappa shape index (κ1) is 11.9. The first-order valence-corrected chi connectivity index (χ1v) is 6.12. The minimum absolute atomic E-state index is 0.207. The number of aromatic amines is 1. The molecule has 0 aliphatic carbocycles. The van der Waals surface area contributed by atoms with E-state index in [1.165, 1.54) is 0 Å². The van der Waals surface area contributed by atoms with Crippen LogP contribution in [0.2, 0.25) is 5.02 Å². The summed E-state index contributed by atoms with van der Waals surface area (Å²) in [6, 6.07) is 12.6. The number of H-pyrrole nitrogens is 1. The van der Waals surface area contributed by atoms with Crippen LogP contribution in [0.1, 0.15) is 0 Å². The Morgan fingerprint density at radius 3 is 2.58 bits per heavy atom. The summed E-state index contributed by atoms with van der Waals surface area (Å²) in [6.45, 7) is 0. The number of hydrogen-bond acceptors (Lipinski definition) is 2. The van der Waals surface area contributed by atoms with E-state index in [1.807, 2.05) is 18.2 Å². The summed E-state index contributed by atoms with van der Waals surface area (Å²) in [5.41, 5.74) is 1.99. The van der Waals surface area contributed by atoms with Crippen LogP contribution in [0, 0.1) is 0 Å². The summed E-state index contributed by atoms with van der Waals surface area (Å²) in [7, 11) is 1.58.